The van der Waals surface area contributed by atoms with Crippen molar-refractivity contribution in [3.05, 3.63) is 21.9 Å². The fourth-order valence-electron chi connectivity index (χ4n) is 3.58. The summed E-state index contributed by atoms with van der Waals surface area (Å²) in [5.41, 5.74) is 0.283. The van der Waals surface area contributed by atoms with Gasteiger partial charge in [-0.3, -0.25) is 4.79 Å². The van der Waals surface area contributed by atoms with Gasteiger partial charge in [0.05, 0.1) is 5.92 Å². The molecule has 1 aliphatic rings. The van der Waals surface area contributed by atoms with Gasteiger partial charge in [-0.2, -0.15) is 0 Å². The molecule has 1 heterocycles. The van der Waals surface area contributed by atoms with Crippen molar-refractivity contribution in [3.8, 4) is 0 Å². The van der Waals surface area contributed by atoms with Crippen LogP contribution >= 0.6 is 11.3 Å². The molecule has 3 atom stereocenters. The Labute approximate surface area is 132 Å². The molecule has 118 valence electrons. The zero-order valence-electron chi connectivity index (χ0n) is 13.7. The third-order valence-corrected chi connectivity index (χ3v) is 6.31. The van der Waals surface area contributed by atoms with E-state index in [1.54, 1.807) is 0 Å². The van der Waals surface area contributed by atoms with E-state index in [9.17, 15) is 9.90 Å². The standard InChI is InChI=1S/C18H28O2S/c1-5-14-7-8-15(21-14)11-12-10-13(18(2,3)4)6-9-16(12)17(19)20/h7-8,12-13,16H,5-6,9-11H2,1-4H3,(H,19,20). The summed E-state index contributed by atoms with van der Waals surface area (Å²) in [5, 5.41) is 9.53. The number of aryl methyl sites for hydroxylation is 1. The van der Waals surface area contributed by atoms with Gasteiger partial charge in [0, 0.05) is 9.75 Å². The minimum atomic E-state index is -0.598. The SMILES string of the molecule is CCc1ccc(CC2CC(C(C)(C)C)CCC2C(=O)O)s1. The lowest BCUT2D eigenvalue weighted by atomic mass is 9.65. The summed E-state index contributed by atoms with van der Waals surface area (Å²) in [4.78, 5) is 14.3. The summed E-state index contributed by atoms with van der Waals surface area (Å²) >= 11 is 1.86. The predicted octanol–water partition coefficient (Wildman–Crippen LogP) is 5.02. The second kappa shape index (κ2) is 6.51. The summed E-state index contributed by atoms with van der Waals surface area (Å²) in [7, 11) is 0. The summed E-state index contributed by atoms with van der Waals surface area (Å²) < 4.78 is 0. The van der Waals surface area contributed by atoms with E-state index in [-0.39, 0.29) is 11.3 Å². The molecular weight excluding hydrogens is 280 g/mol. The summed E-state index contributed by atoms with van der Waals surface area (Å²) in [6.45, 7) is 9.04. The maximum absolute atomic E-state index is 11.6. The van der Waals surface area contributed by atoms with E-state index in [1.807, 2.05) is 11.3 Å². The van der Waals surface area contributed by atoms with Gasteiger partial charge in [-0.15, -0.1) is 11.3 Å². The molecule has 1 aromatic rings. The van der Waals surface area contributed by atoms with Crippen LogP contribution in [-0.4, -0.2) is 11.1 Å². The Morgan fingerprint density at radius 2 is 1.95 bits per heavy atom. The first-order valence-corrected chi connectivity index (χ1v) is 8.93. The van der Waals surface area contributed by atoms with Gasteiger partial charge in [0.25, 0.3) is 0 Å². The molecule has 0 bridgehead atoms. The molecule has 1 aromatic heterocycles. The first-order chi connectivity index (χ1) is 9.81. The number of carbonyl (C=O) groups is 1. The van der Waals surface area contributed by atoms with Gasteiger partial charge in [-0.1, -0.05) is 27.7 Å². The van der Waals surface area contributed by atoms with Crippen molar-refractivity contribution in [1.82, 2.24) is 0 Å². The van der Waals surface area contributed by atoms with E-state index in [0.29, 0.717) is 11.8 Å². The number of thiophene rings is 1. The van der Waals surface area contributed by atoms with E-state index in [4.69, 9.17) is 0 Å². The smallest absolute Gasteiger partial charge is 0.306 e. The summed E-state index contributed by atoms with van der Waals surface area (Å²) in [6.07, 6.45) is 4.96. The topological polar surface area (TPSA) is 37.3 Å². The summed E-state index contributed by atoms with van der Waals surface area (Å²) in [5.74, 6) is 0.183. The summed E-state index contributed by atoms with van der Waals surface area (Å²) in [6, 6.07) is 4.39. The fourth-order valence-corrected chi connectivity index (χ4v) is 4.63. The molecule has 0 aliphatic heterocycles. The third kappa shape index (κ3) is 4.09. The van der Waals surface area contributed by atoms with Crippen LogP contribution in [0.5, 0.6) is 0 Å². The van der Waals surface area contributed by atoms with Crippen LogP contribution in [0.2, 0.25) is 0 Å². The van der Waals surface area contributed by atoms with Crippen molar-refractivity contribution in [2.24, 2.45) is 23.2 Å². The third-order valence-electron chi connectivity index (χ3n) is 5.05. The molecular formula is C18H28O2S. The Kier molecular flexibility index (Phi) is 5.13. The lowest BCUT2D eigenvalue weighted by molar-refractivity contribution is -0.146. The highest BCUT2D eigenvalue weighted by molar-refractivity contribution is 7.11. The molecule has 1 saturated carbocycles. The van der Waals surface area contributed by atoms with Crippen molar-refractivity contribution < 1.29 is 9.90 Å². The largest absolute Gasteiger partial charge is 0.481 e. The lowest BCUT2D eigenvalue weighted by Gasteiger charge is -2.40. The highest BCUT2D eigenvalue weighted by Gasteiger charge is 2.39. The second-order valence-corrected chi connectivity index (χ2v) is 8.76. The zero-order valence-corrected chi connectivity index (χ0v) is 14.5. The van der Waals surface area contributed by atoms with Crippen molar-refractivity contribution in [2.45, 2.75) is 59.8 Å². The van der Waals surface area contributed by atoms with Gasteiger partial charge < -0.3 is 5.11 Å². The molecule has 2 nitrogen and oxygen atoms in total. The second-order valence-electron chi connectivity index (χ2n) is 7.51. The van der Waals surface area contributed by atoms with Gasteiger partial charge in [-0.25, -0.2) is 0 Å². The Morgan fingerprint density at radius 1 is 1.29 bits per heavy atom. The molecule has 0 aromatic carbocycles. The van der Waals surface area contributed by atoms with Crippen LogP contribution in [0.3, 0.4) is 0 Å². The minimum Gasteiger partial charge on any atom is -0.481 e. The van der Waals surface area contributed by atoms with Crippen LogP contribution in [-0.2, 0) is 17.6 Å². The Bertz CT molecular complexity index is 484. The average molecular weight is 308 g/mol. The zero-order chi connectivity index (χ0) is 15.6. The number of hydrogen-bond acceptors (Lipinski definition) is 2. The first-order valence-electron chi connectivity index (χ1n) is 8.11. The normalized spacial score (nSPS) is 26.8. The van der Waals surface area contributed by atoms with Gasteiger partial charge in [0.1, 0.15) is 0 Å². The molecule has 3 unspecified atom stereocenters. The van der Waals surface area contributed by atoms with Gasteiger partial charge in [0.15, 0.2) is 0 Å². The molecule has 0 spiro atoms. The molecule has 1 N–H and O–H groups in total. The number of rotatable bonds is 4. The van der Waals surface area contributed by atoms with Crippen molar-refractivity contribution in [3.63, 3.8) is 0 Å². The molecule has 21 heavy (non-hydrogen) atoms. The quantitative estimate of drug-likeness (QED) is 0.848. The van der Waals surface area contributed by atoms with E-state index < -0.39 is 5.97 Å². The molecule has 0 saturated heterocycles. The van der Waals surface area contributed by atoms with Crippen LogP contribution in [0.25, 0.3) is 0 Å². The van der Waals surface area contributed by atoms with E-state index >= 15 is 0 Å². The maximum Gasteiger partial charge on any atom is 0.306 e. The predicted molar refractivity (Wildman–Crippen MR) is 88.8 cm³/mol. The van der Waals surface area contributed by atoms with Crippen LogP contribution in [0, 0.1) is 23.2 Å². The Morgan fingerprint density at radius 3 is 2.48 bits per heavy atom. The monoisotopic (exact) mass is 308 g/mol. The van der Waals surface area contributed by atoms with Gasteiger partial charge in [-0.05, 0) is 61.5 Å². The van der Waals surface area contributed by atoms with Crippen molar-refractivity contribution in [1.29, 1.82) is 0 Å². The van der Waals surface area contributed by atoms with E-state index in [1.165, 1.54) is 9.75 Å². The fraction of sp³-hybridized carbons (Fsp3) is 0.722. The molecule has 1 aliphatic carbocycles. The maximum atomic E-state index is 11.6. The Balaban J connectivity index is 2.12. The van der Waals surface area contributed by atoms with Gasteiger partial charge in [0.2, 0.25) is 0 Å². The Hall–Kier alpha value is -0.830. The van der Waals surface area contributed by atoms with E-state index in [0.717, 1.165) is 32.1 Å². The highest BCUT2D eigenvalue weighted by Crippen LogP contribution is 2.44. The first kappa shape index (κ1) is 16.5. The number of hydrogen-bond donors (Lipinski definition) is 1. The molecule has 2 rings (SSSR count). The van der Waals surface area contributed by atoms with Crippen molar-refractivity contribution in [2.75, 3.05) is 0 Å². The highest BCUT2D eigenvalue weighted by atomic mass is 32.1. The van der Waals surface area contributed by atoms with Crippen LogP contribution in [0.1, 0.15) is 56.7 Å². The minimum absolute atomic E-state index is 0.157. The van der Waals surface area contributed by atoms with E-state index in [2.05, 4.69) is 39.8 Å². The number of aliphatic carboxylic acids is 1. The lowest BCUT2D eigenvalue weighted by Crippen LogP contribution is -2.36. The molecule has 0 radical (unpaired) electrons. The number of carboxylic acid groups (broad SMARTS) is 1. The van der Waals surface area contributed by atoms with Crippen LogP contribution < -0.4 is 0 Å². The van der Waals surface area contributed by atoms with Crippen molar-refractivity contribution >= 4 is 17.3 Å². The van der Waals surface area contributed by atoms with Crippen LogP contribution in [0.4, 0.5) is 0 Å². The molecule has 0 amide bonds. The number of carboxylic acids is 1. The molecule has 1 fully saturated rings. The van der Waals surface area contributed by atoms with Gasteiger partial charge >= 0.3 is 5.97 Å². The molecule has 3 heteroatoms. The average Bonchev–Trinajstić information content (AvgIpc) is 2.85. The van der Waals surface area contributed by atoms with Crippen LogP contribution in [0.15, 0.2) is 12.1 Å².